The third kappa shape index (κ3) is 4.00. The van der Waals surface area contributed by atoms with Gasteiger partial charge in [0.15, 0.2) is 11.6 Å². The normalized spacial score (nSPS) is 13.0. The second kappa shape index (κ2) is 7.62. The zero-order valence-corrected chi connectivity index (χ0v) is 14.8. The number of hydrogen-bond donors (Lipinski definition) is 0. The quantitative estimate of drug-likeness (QED) is 0.551. The molecule has 27 heavy (non-hydrogen) atoms. The van der Waals surface area contributed by atoms with Gasteiger partial charge in [0.05, 0.1) is 5.41 Å². The van der Waals surface area contributed by atoms with E-state index in [0.29, 0.717) is 16.7 Å². The molecule has 0 heterocycles. The van der Waals surface area contributed by atoms with E-state index in [1.165, 1.54) is 48.5 Å². The zero-order valence-electron chi connectivity index (χ0n) is 14.8. The third-order valence-corrected chi connectivity index (χ3v) is 4.70. The Morgan fingerprint density at radius 1 is 0.741 bits per heavy atom. The largest absolute Gasteiger partial charge is 0.294 e. The Morgan fingerprint density at radius 3 is 1.74 bits per heavy atom. The number of Topliss-reactive ketones (excluding diaryl/α,β-unsaturated/α-hetero) is 2. The van der Waals surface area contributed by atoms with Crippen molar-refractivity contribution in [1.29, 1.82) is 0 Å². The Balaban J connectivity index is 2.00. The topological polar surface area (TPSA) is 34.1 Å². The van der Waals surface area contributed by atoms with Crippen LogP contribution in [0, 0.1) is 11.6 Å². The van der Waals surface area contributed by atoms with Crippen LogP contribution >= 0.6 is 0 Å². The van der Waals surface area contributed by atoms with E-state index in [-0.39, 0.29) is 18.0 Å². The number of hydrogen-bond acceptors (Lipinski definition) is 2. The molecule has 0 bridgehead atoms. The van der Waals surface area contributed by atoms with E-state index in [1.807, 2.05) is 6.07 Å². The van der Waals surface area contributed by atoms with Gasteiger partial charge in [-0.15, -0.1) is 0 Å². The molecule has 0 aliphatic rings. The van der Waals surface area contributed by atoms with E-state index in [1.54, 1.807) is 31.2 Å². The van der Waals surface area contributed by atoms with E-state index in [2.05, 4.69) is 0 Å². The van der Waals surface area contributed by atoms with Crippen LogP contribution in [-0.2, 0) is 5.41 Å². The first-order valence-electron chi connectivity index (χ1n) is 8.55. The van der Waals surface area contributed by atoms with Crippen LogP contribution in [-0.4, -0.2) is 11.6 Å². The Labute approximate surface area is 156 Å². The van der Waals surface area contributed by atoms with Gasteiger partial charge in [-0.1, -0.05) is 30.3 Å². The molecule has 0 aliphatic carbocycles. The summed E-state index contributed by atoms with van der Waals surface area (Å²) >= 11 is 0. The second-order valence-electron chi connectivity index (χ2n) is 6.64. The van der Waals surface area contributed by atoms with Crippen molar-refractivity contribution in [3.63, 3.8) is 0 Å². The first-order chi connectivity index (χ1) is 12.9. The predicted octanol–water partition coefficient (Wildman–Crippen LogP) is 5.38. The molecule has 0 aliphatic heterocycles. The summed E-state index contributed by atoms with van der Waals surface area (Å²) in [6, 6.07) is 19.5. The van der Waals surface area contributed by atoms with Gasteiger partial charge in [0.25, 0.3) is 0 Å². The molecule has 0 aromatic heterocycles. The summed E-state index contributed by atoms with van der Waals surface area (Å²) in [6.45, 7) is 1.70. The van der Waals surface area contributed by atoms with E-state index >= 15 is 0 Å². The minimum atomic E-state index is -1.13. The molecule has 2 nitrogen and oxygen atoms in total. The zero-order chi connectivity index (χ0) is 19.4. The lowest BCUT2D eigenvalue weighted by Crippen LogP contribution is -2.35. The molecule has 3 aromatic carbocycles. The molecule has 0 radical (unpaired) electrons. The molecular weight excluding hydrogens is 346 g/mol. The standard InChI is InChI=1S/C23H18F2O2/c1-23(18-5-3-2-4-6-18,22(27)17-9-13-20(25)14-10-17)15-21(26)16-7-11-19(24)12-8-16/h2-14H,15H2,1H3. The van der Waals surface area contributed by atoms with Crippen LogP contribution in [0.2, 0.25) is 0 Å². The van der Waals surface area contributed by atoms with Gasteiger partial charge in [-0.05, 0) is 61.0 Å². The minimum absolute atomic E-state index is 0.0845. The molecule has 0 spiro atoms. The maximum Gasteiger partial charge on any atom is 0.173 e. The van der Waals surface area contributed by atoms with Crippen molar-refractivity contribution < 1.29 is 18.4 Å². The average Bonchev–Trinajstić information content (AvgIpc) is 2.69. The molecule has 0 amide bonds. The molecular formula is C23H18F2O2. The molecule has 3 aromatic rings. The van der Waals surface area contributed by atoms with Crippen molar-refractivity contribution in [2.45, 2.75) is 18.8 Å². The monoisotopic (exact) mass is 364 g/mol. The van der Waals surface area contributed by atoms with Crippen molar-refractivity contribution in [3.8, 4) is 0 Å². The molecule has 0 saturated carbocycles. The predicted molar refractivity (Wildman–Crippen MR) is 99.9 cm³/mol. The summed E-state index contributed by atoms with van der Waals surface area (Å²) in [4.78, 5) is 26.1. The van der Waals surface area contributed by atoms with Gasteiger partial charge in [-0.2, -0.15) is 0 Å². The number of ketones is 2. The maximum absolute atomic E-state index is 13.3. The average molecular weight is 364 g/mol. The van der Waals surface area contributed by atoms with Crippen LogP contribution in [0.25, 0.3) is 0 Å². The molecule has 0 fully saturated rings. The van der Waals surface area contributed by atoms with Gasteiger partial charge in [0.2, 0.25) is 0 Å². The Bertz CT molecular complexity index is 948. The van der Waals surface area contributed by atoms with Gasteiger partial charge in [0.1, 0.15) is 11.6 Å². The van der Waals surface area contributed by atoms with Gasteiger partial charge in [-0.3, -0.25) is 9.59 Å². The minimum Gasteiger partial charge on any atom is -0.294 e. The van der Waals surface area contributed by atoms with Crippen LogP contribution in [0.1, 0.15) is 39.6 Å². The van der Waals surface area contributed by atoms with Gasteiger partial charge < -0.3 is 0 Å². The highest BCUT2D eigenvalue weighted by Crippen LogP contribution is 2.33. The van der Waals surface area contributed by atoms with Gasteiger partial charge in [0, 0.05) is 17.5 Å². The first kappa shape index (κ1) is 18.6. The summed E-state index contributed by atoms with van der Waals surface area (Å²) in [5.41, 5.74) is 0.222. The number of rotatable bonds is 6. The van der Waals surface area contributed by atoms with Crippen molar-refractivity contribution in [1.82, 2.24) is 0 Å². The molecule has 4 heteroatoms. The molecule has 0 N–H and O–H groups in total. The van der Waals surface area contributed by atoms with E-state index in [9.17, 15) is 18.4 Å². The fourth-order valence-electron chi connectivity index (χ4n) is 3.10. The highest BCUT2D eigenvalue weighted by atomic mass is 19.1. The number of carbonyl (C=O) groups excluding carboxylic acids is 2. The number of carbonyl (C=O) groups is 2. The van der Waals surface area contributed by atoms with E-state index < -0.39 is 17.0 Å². The van der Waals surface area contributed by atoms with Crippen molar-refractivity contribution in [3.05, 3.63) is 107 Å². The number of halogens is 2. The second-order valence-corrected chi connectivity index (χ2v) is 6.64. The lowest BCUT2D eigenvalue weighted by molar-refractivity contribution is 0.0827. The molecule has 136 valence electrons. The smallest absolute Gasteiger partial charge is 0.173 e. The van der Waals surface area contributed by atoms with Crippen LogP contribution < -0.4 is 0 Å². The lowest BCUT2D eigenvalue weighted by atomic mass is 9.72. The van der Waals surface area contributed by atoms with E-state index in [4.69, 9.17) is 0 Å². The Hall–Kier alpha value is -3.14. The molecule has 3 rings (SSSR count). The van der Waals surface area contributed by atoms with Crippen LogP contribution in [0.5, 0.6) is 0 Å². The Morgan fingerprint density at radius 2 is 1.22 bits per heavy atom. The highest BCUT2D eigenvalue weighted by molar-refractivity contribution is 6.08. The summed E-state index contributed by atoms with van der Waals surface area (Å²) in [5.74, 6) is -1.41. The highest BCUT2D eigenvalue weighted by Gasteiger charge is 2.38. The van der Waals surface area contributed by atoms with Crippen molar-refractivity contribution in [2.75, 3.05) is 0 Å². The fourth-order valence-corrected chi connectivity index (χ4v) is 3.10. The summed E-state index contributed by atoms with van der Waals surface area (Å²) < 4.78 is 26.4. The summed E-state index contributed by atoms with van der Waals surface area (Å²) in [6.07, 6.45) is -0.0845. The fraction of sp³-hybridized carbons (Fsp3) is 0.130. The first-order valence-corrected chi connectivity index (χ1v) is 8.55. The van der Waals surface area contributed by atoms with Crippen LogP contribution in [0.4, 0.5) is 8.78 Å². The molecule has 0 saturated heterocycles. The van der Waals surface area contributed by atoms with Crippen molar-refractivity contribution >= 4 is 11.6 Å². The van der Waals surface area contributed by atoms with Crippen LogP contribution in [0.3, 0.4) is 0 Å². The third-order valence-electron chi connectivity index (χ3n) is 4.70. The van der Waals surface area contributed by atoms with Gasteiger partial charge in [-0.25, -0.2) is 8.78 Å². The lowest BCUT2D eigenvalue weighted by Gasteiger charge is -2.28. The SMILES string of the molecule is CC(CC(=O)c1ccc(F)cc1)(C(=O)c1ccc(F)cc1)c1ccccc1. The molecule has 1 unspecified atom stereocenters. The summed E-state index contributed by atoms with van der Waals surface area (Å²) in [5, 5.41) is 0. The van der Waals surface area contributed by atoms with Crippen LogP contribution in [0.15, 0.2) is 78.9 Å². The van der Waals surface area contributed by atoms with E-state index in [0.717, 1.165) is 0 Å². The molecule has 1 atom stereocenters. The Kier molecular flexibility index (Phi) is 5.26. The summed E-state index contributed by atoms with van der Waals surface area (Å²) in [7, 11) is 0. The maximum atomic E-state index is 13.3. The number of benzene rings is 3. The van der Waals surface area contributed by atoms with Crippen molar-refractivity contribution in [2.24, 2.45) is 0 Å². The van der Waals surface area contributed by atoms with Gasteiger partial charge >= 0.3 is 0 Å².